The van der Waals surface area contributed by atoms with Crippen LogP contribution in [0, 0.1) is 0 Å². The predicted octanol–water partition coefficient (Wildman–Crippen LogP) is 4.22. The molecule has 1 N–H and O–H groups in total. The smallest absolute Gasteiger partial charge is 0.0995 e. The van der Waals surface area contributed by atoms with Gasteiger partial charge >= 0.3 is 0 Å². The molecular formula is C17H24N2O. The largest absolute Gasteiger partial charge is 0.387 e. The first-order valence-corrected chi connectivity index (χ1v) is 7.94. The molecule has 2 aromatic heterocycles. The number of nitrogens with zero attached hydrogens (tertiary/aromatic N) is 2. The van der Waals surface area contributed by atoms with Crippen molar-refractivity contribution in [1.29, 1.82) is 0 Å². The molecule has 1 aliphatic carbocycles. The summed E-state index contributed by atoms with van der Waals surface area (Å²) in [6.07, 6.45) is 11.5. The first-order valence-electron chi connectivity index (χ1n) is 7.94. The average molecular weight is 272 g/mol. The fourth-order valence-electron chi connectivity index (χ4n) is 3.02. The maximum absolute atomic E-state index is 10.6. The number of imidazole rings is 1. The summed E-state index contributed by atoms with van der Waals surface area (Å²) in [5.41, 5.74) is 3.49. The Morgan fingerprint density at radius 2 is 2.15 bits per heavy atom. The van der Waals surface area contributed by atoms with Crippen molar-refractivity contribution < 1.29 is 5.11 Å². The van der Waals surface area contributed by atoms with E-state index >= 15 is 0 Å². The van der Waals surface area contributed by atoms with Crippen LogP contribution in [0.15, 0.2) is 24.7 Å². The Morgan fingerprint density at radius 1 is 1.30 bits per heavy atom. The SMILES string of the molecule is CCCCCCC(O)c1c(C2CC2)ccc2cncn12. The van der Waals surface area contributed by atoms with Gasteiger partial charge in [0.2, 0.25) is 0 Å². The number of pyridine rings is 1. The van der Waals surface area contributed by atoms with Crippen molar-refractivity contribution in [1.82, 2.24) is 9.38 Å². The Hall–Kier alpha value is -1.35. The summed E-state index contributed by atoms with van der Waals surface area (Å²) in [6, 6.07) is 4.31. The van der Waals surface area contributed by atoms with Gasteiger partial charge in [-0.05, 0) is 36.8 Å². The second-order valence-electron chi connectivity index (χ2n) is 6.00. The standard InChI is InChI=1S/C17H24N2O/c1-2-3-4-5-6-16(20)17-15(13-7-8-13)10-9-14-11-18-12-19(14)17/h9-13,16,20H,2-8H2,1H3. The quantitative estimate of drug-likeness (QED) is 0.766. The van der Waals surface area contributed by atoms with Gasteiger partial charge in [0.15, 0.2) is 0 Å². The maximum Gasteiger partial charge on any atom is 0.0995 e. The summed E-state index contributed by atoms with van der Waals surface area (Å²) in [4.78, 5) is 4.23. The van der Waals surface area contributed by atoms with Gasteiger partial charge in [0.25, 0.3) is 0 Å². The van der Waals surface area contributed by atoms with Crippen molar-refractivity contribution in [3.8, 4) is 0 Å². The number of fused-ring (bicyclic) bond motifs is 1. The highest BCUT2D eigenvalue weighted by atomic mass is 16.3. The summed E-state index contributed by atoms with van der Waals surface area (Å²) in [6.45, 7) is 2.22. The van der Waals surface area contributed by atoms with E-state index in [2.05, 4.69) is 28.4 Å². The van der Waals surface area contributed by atoms with Gasteiger partial charge in [0.1, 0.15) is 0 Å². The van der Waals surface area contributed by atoms with Gasteiger partial charge in [0.05, 0.1) is 29.8 Å². The zero-order valence-corrected chi connectivity index (χ0v) is 12.3. The monoisotopic (exact) mass is 272 g/mol. The van der Waals surface area contributed by atoms with E-state index in [9.17, 15) is 5.11 Å². The molecule has 20 heavy (non-hydrogen) atoms. The number of hydrogen-bond acceptors (Lipinski definition) is 2. The van der Waals surface area contributed by atoms with Crippen LogP contribution in [0.3, 0.4) is 0 Å². The van der Waals surface area contributed by atoms with E-state index in [1.54, 1.807) is 0 Å². The zero-order chi connectivity index (χ0) is 13.9. The van der Waals surface area contributed by atoms with Crippen LogP contribution in [0.4, 0.5) is 0 Å². The Labute approximate surface area is 120 Å². The molecule has 1 aliphatic rings. The summed E-state index contributed by atoms with van der Waals surface area (Å²) in [7, 11) is 0. The molecule has 1 unspecified atom stereocenters. The Kier molecular flexibility index (Phi) is 4.06. The lowest BCUT2D eigenvalue weighted by molar-refractivity contribution is 0.156. The lowest BCUT2D eigenvalue weighted by Crippen LogP contribution is -2.08. The van der Waals surface area contributed by atoms with Crippen molar-refractivity contribution in [2.24, 2.45) is 0 Å². The van der Waals surface area contributed by atoms with E-state index in [0.717, 1.165) is 24.1 Å². The van der Waals surface area contributed by atoms with Crippen LogP contribution in [0.1, 0.15) is 75.1 Å². The number of aliphatic hydroxyl groups excluding tert-OH is 1. The van der Waals surface area contributed by atoms with Gasteiger partial charge in [-0.15, -0.1) is 0 Å². The number of aromatic nitrogens is 2. The highest BCUT2D eigenvalue weighted by Crippen LogP contribution is 2.43. The third-order valence-electron chi connectivity index (χ3n) is 4.32. The van der Waals surface area contributed by atoms with E-state index < -0.39 is 0 Å². The molecule has 2 aromatic rings. The number of unbranched alkanes of at least 4 members (excludes halogenated alkanes) is 3. The fourth-order valence-corrected chi connectivity index (χ4v) is 3.02. The van der Waals surface area contributed by atoms with Gasteiger partial charge in [-0.1, -0.05) is 38.7 Å². The second kappa shape index (κ2) is 5.96. The molecule has 0 aliphatic heterocycles. The molecule has 0 bridgehead atoms. The third-order valence-corrected chi connectivity index (χ3v) is 4.32. The van der Waals surface area contributed by atoms with Crippen molar-refractivity contribution in [3.05, 3.63) is 35.9 Å². The Balaban J connectivity index is 1.83. The van der Waals surface area contributed by atoms with Crippen LogP contribution < -0.4 is 0 Å². The average Bonchev–Trinajstić information content (AvgIpc) is 3.19. The molecule has 1 saturated carbocycles. The van der Waals surface area contributed by atoms with Crippen LogP contribution in [-0.4, -0.2) is 14.5 Å². The van der Waals surface area contributed by atoms with E-state index in [-0.39, 0.29) is 6.10 Å². The van der Waals surface area contributed by atoms with Crippen molar-refractivity contribution in [2.75, 3.05) is 0 Å². The minimum absolute atomic E-state index is 0.361. The molecule has 0 spiro atoms. The highest BCUT2D eigenvalue weighted by molar-refractivity contribution is 5.50. The lowest BCUT2D eigenvalue weighted by Gasteiger charge is -2.17. The third kappa shape index (κ3) is 2.73. The minimum Gasteiger partial charge on any atom is -0.387 e. The summed E-state index contributed by atoms with van der Waals surface area (Å²) in [5.74, 6) is 0.655. The predicted molar refractivity (Wildman–Crippen MR) is 80.9 cm³/mol. The van der Waals surface area contributed by atoms with Crippen LogP contribution >= 0.6 is 0 Å². The normalized spacial score (nSPS) is 16.7. The molecule has 0 radical (unpaired) electrons. The maximum atomic E-state index is 10.6. The number of hydrogen-bond donors (Lipinski definition) is 1. The van der Waals surface area contributed by atoms with E-state index in [4.69, 9.17) is 0 Å². The van der Waals surface area contributed by atoms with Gasteiger partial charge < -0.3 is 9.51 Å². The fraction of sp³-hybridized carbons (Fsp3) is 0.588. The van der Waals surface area contributed by atoms with Crippen LogP contribution in [-0.2, 0) is 0 Å². The van der Waals surface area contributed by atoms with E-state index in [0.29, 0.717) is 5.92 Å². The van der Waals surface area contributed by atoms with Gasteiger partial charge in [-0.25, -0.2) is 4.98 Å². The van der Waals surface area contributed by atoms with Gasteiger partial charge in [0, 0.05) is 0 Å². The molecule has 1 fully saturated rings. The van der Waals surface area contributed by atoms with E-state index in [1.165, 1.54) is 37.7 Å². The number of rotatable bonds is 7. The molecule has 2 heterocycles. The minimum atomic E-state index is -0.361. The highest BCUT2D eigenvalue weighted by Gasteiger charge is 2.29. The number of aliphatic hydroxyl groups is 1. The molecule has 0 amide bonds. The van der Waals surface area contributed by atoms with Gasteiger partial charge in [-0.3, -0.25) is 0 Å². The van der Waals surface area contributed by atoms with Crippen molar-refractivity contribution >= 4 is 5.52 Å². The Bertz CT molecular complexity index is 571. The first kappa shape index (κ1) is 13.6. The topological polar surface area (TPSA) is 37.5 Å². The second-order valence-corrected chi connectivity index (χ2v) is 6.00. The first-order chi connectivity index (χ1) is 9.81. The molecule has 108 valence electrons. The molecular weight excluding hydrogens is 248 g/mol. The van der Waals surface area contributed by atoms with Gasteiger partial charge in [-0.2, -0.15) is 0 Å². The zero-order valence-electron chi connectivity index (χ0n) is 12.3. The summed E-state index contributed by atoms with van der Waals surface area (Å²) < 4.78 is 2.08. The Morgan fingerprint density at radius 3 is 2.90 bits per heavy atom. The van der Waals surface area contributed by atoms with Crippen molar-refractivity contribution in [2.45, 2.75) is 63.9 Å². The lowest BCUT2D eigenvalue weighted by atomic mass is 10.00. The van der Waals surface area contributed by atoms with Crippen LogP contribution in [0.2, 0.25) is 0 Å². The summed E-state index contributed by atoms with van der Waals surface area (Å²) in [5, 5.41) is 10.6. The molecule has 0 saturated heterocycles. The molecule has 3 rings (SSSR count). The molecule has 3 nitrogen and oxygen atoms in total. The van der Waals surface area contributed by atoms with Crippen molar-refractivity contribution in [3.63, 3.8) is 0 Å². The van der Waals surface area contributed by atoms with Crippen LogP contribution in [0.25, 0.3) is 5.52 Å². The van der Waals surface area contributed by atoms with E-state index in [1.807, 2.05) is 12.5 Å². The molecule has 0 aromatic carbocycles. The molecule has 1 atom stereocenters. The summed E-state index contributed by atoms with van der Waals surface area (Å²) >= 11 is 0. The molecule has 3 heteroatoms. The van der Waals surface area contributed by atoms with Crippen LogP contribution in [0.5, 0.6) is 0 Å².